The molecule has 0 aliphatic heterocycles. The van der Waals surface area contributed by atoms with Crippen molar-refractivity contribution in [2.45, 2.75) is 0 Å². The van der Waals surface area contributed by atoms with Crippen molar-refractivity contribution in [2.24, 2.45) is 0 Å². The van der Waals surface area contributed by atoms with E-state index in [2.05, 4.69) is 6.58 Å². The van der Waals surface area contributed by atoms with Crippen LogP contribution in [0.4, 0.5) is 0 Å². The highest BCUT2D eigenvalue weighted by Crippen LogP contribution is 0.894. The van der Waals surface area contributed by atoms with Crippen LogP contribution in [0.2, 0.25) is 0 Å². The normalized spacial score (nSPS) is 2.67. The number of rotatable bonds is 0. The van der Waals surface area contributed by atoms with Crippen molar-refractivity contribution in [2.75, 3.05) is 0 Å². The standard InChI is InChI=1S/C2H2O.CHNO/c1-2-3;2-1-3/h1H2;2H. The maximum atomic E-state index is 8.57. The predicted octanol–water partition coefficient (Wildman–Crippen LogP) is -0.0950. The lowest BCUT2D eigenvalue weighted by Crippen LogP contribution is -1.16. The SMILES string of the molecule is C=C=O.N=C=O. The Hall–Kier alpha value is -1.17. The van der Waals surface area contributed by atoms with Crippen LogP contribution in [-0.4, -0.2) is 12.0 Å². The minimum absolute atomic E-state index is 0.750. The molecule has 0 saturated heterocycles. The average Bonchev–Trinajstić information content (AvgIpc) is 1.39. The highest BCUT2D eigenvalue weighted by Gasteiger charge is 1.03. The molecule has 3 heteroatoms. The van der Waals surface area contributed by atoms with Gasteiger partial charge in [-0.05, 0) is 6.58 Å². The lowest BCUT2D eigenvalue weighted by Gasteiger charge is -1.02. The van der Waals surface area contributed by atoms with E-state index in [0.29, 0.717) is 0 Å². The first-order chi connectivity index (χ1) is 2.83. The van der Waals surface area contributed by atoms with E-state index in [4.69, 9.17) is 15.0 Å². The first-order valence-corrected chi connectivity index (χ1v) is 1.01. The third-order valence-corrected chi connectivity index (χ3v) is 0. The highest BCUT2D eigenvalue weighted by molar-refractivity contribution is 5.38. The zero-order chi connectivity index (χ0) is 5.41. The zero-order valence-corrected chi connectivity index (χ0v) is 3.02. The fourth-order valence-corrected chi connectivity index (χ4v) is 0. The van der Waals surface area contributed by atoms with E-state index < -0.39 is 0 Å². The Balaban J connectivity index is 0. The second-order valence-corrected chi connectivity index (χ2v) is 0.246. The lowest BCUT2D eigenvalue weighted by atomic mass is 11.2. The molecule has 3 nitrogen and oxygen atoms in total. The molecule has 0 rings (SSSR count). The van der Waals surface area contributed by atoms with Gasteiger partial charge in [-0.25, -0.2) is 15.0 Å². The molecule has 0 saturated carbocycles. The molecule has 0 unspecified atom stereocenters. The molecule has 6 heavy (non-hydrogen) atoms. The summed E-state index contributed by atoms with van der Waals surface area (Å²) < 4.78 is 0. The van der Waals surface area contributed by atoms with Gasteiger partial charge in [0.2, 0.25) is 6.08 Å². The summed E-state index contributed by atoms with van der Waals surface area (Å²) >= 11 is 0. The first kappa shape index (κ1) is 8.85. The molecule has 0 spiro atoms. The van der Waals surface area contributed by atoms with Crippen LogP contribution in [0.25, 0.3) is 0 Å². The molecule has 0 aromatic carbocycles. The Morgan fingerprint density at radius 3 is 1.50 bits per heavy atom. The summed E-state index contributed by atoms with van der Waals surface area (Å²) in [6.45, 7) is 2.68. The summed E-state index contributed by atoms with van der Waals surface area (Å²) in [5, 5.41) is 5.40. The summed E-state index contributed by atoms with van der Waals surface area (Å²) in [6, 6.07) is 0. The molecule has 0 aromatic heterocycles. The van der Waals surface area contributed by atoms with E-state index in [0.717, 1.165) is 6.08 Å². The van der Waals surface area contributed by atoms with E-state index >= 15 is 0 Å². The van der Waals surface area contributed by atoms with Crippen LogP contribution in [0.1, 0.15) is 0 Å². The van der Waals surface area contributed by atoms with Gasteiger partial charge in [0.1, 0.15) is 5.94 Å². The van der Waals surface area contributed by atoms with Gasteiger partial charge in [-0.1, -0.05) is 0 Å². The van der Waals surface area contributed by atoms with Gasteiger partial charge >= 0.3 is 0 Å². The van der Waals surface area contributed by atoms with Gasteiger partial charge in [-0.2, -0.15) is 0 Å². The molecule has 0 radical (unpaired) electrons. The molecule has 0 amide bonds. The van der Waals surface area contributed by atoms with E-state index in [9.17, 15) is 0 Å². The van der Waals surface area contributed by atoms with E-state index in [1.165, 1.54) is 5.94 Å². The van der Waals surface area contributed by atoms with E-state index in [1.807, 2.05) is 0 Å². The van der Waals surface area contributed by atoms with Crippen LogP contribution in [0.3, 0.4) is 0 Å². The van der Waals surface area contributed by atoms with Gasteiger partial charge < -0.3 is 0 Å². The molecule has 1 N–H and O–H groups in total. The number of hydrogen-bond donors (Lipinski definition) is 1. The van der Waals surface area contributed by atoms with Crippen molar-refractivity contribution < 1.29 is 9.59 Å². The number of carbonyl (C=O) groups excluding carboxylic acids is 2. The summed E-state index contributed by atoms with van der Waals surface area (Å²) in [6.07, 6.45) is 0.750. The Morgan fingerprint density at radius 1 is 1.50 bits per heavy atom. The number of hydrogen-bond acceptors (Lipinski definition) is 3. The van der Waals surface area contributed by atoms with Gasteiger partial charge in [0.25, 0.3) is 0 Å². The van der Waals surface area contributed by atoms with E-state index in [-0.39, 0.29) is 0 Å². The van der Waals surface area contributed by atoms with Crippen LogP contribution in [-0.2, 0) is 9.59 Å². The molecular weight excluding hydrogens is 82.0 g/mol. The molecule has 0 aliphatic carbocycles. The monoisotopic (exact) mass is 85.0 g/mol. The number of nitrogens with one attached hydrogen (secondary N) is 1. The van der Waals surface area contributed by atoms with Gasteiger partial charge in [0.15, 0.2) is 0 Å². The maximum Gasteiger partial charge on any atom is 0.231 e. The molecule has 0 fully saturated rings. The Labute approximate surface area is 34.8 Å². The van der Waals surface area contributed by atoms with Crippen LogP contribution < -0.4 is 0 Å². The Bertz CT molecular complexity index is 62.8. The Kier molecular flexibility index (Phi) is 65.7. The van der Waals surface area contributed by atoms with Crippen LogP contribution in [0.15, 0.2) is 6.58 Å². The van der Waals surface area contributed by atoms with Crippen molar-refractivity contribution in [3.63, 3.8) is 0 Å². The van der Waals surface area contributed by atoms with Gasteiger partial charge in [-0.3, -0.25) is 0 Å². The van der Waals surface area contributed by atoms with Gasteiger partial charge in [0.05, 0.1) is 0 Å². The van der Waals surface area contributed by atoms with Crippen LogP contribution in [0.5, 0.6) is 0 Å². The minimum Gasteiger partial charge on any atom is -0.234 e. The fourth-order valence-electron chi connectivity index (χ4n) is 0. The molecular formula is C3H3NO2. The molecule has 32 valence electrons. The van der Waals surface area contributed by atoms with E-state index in [1.54, 1.807) is 0 Å². The first-order valence-electron chi connectivity index (χ1n) is 1.01. The second kappa shape index (κ2) is 44.5. The summed E-state index contributed by atoms with van der Waals surface area (Å²) in [5.74, 6) is 1.25. The molecule has 0 aromatic rings. The fraction of sp³-hybridized carbons (Fsp3) is 0. The minimum atomic E-state index is 0.750. The van der Waals surface area contributed by atoms with Gasteiger partial charge in [0, 0.05) is 0 Å². The van der Waals surface area contributed by atoms with Gasteiger partial charge in [-0.15, -0.1) is 0 Å². The quantitative estimate of drug-likeness (QED) is 0.254. The highest BCUT2D eigenvalue weighted by atomic mass is 16.1. The molecule has 0 bridgehead atoms. The largest absolute Gasteiger partial charge is 0.234 e. The van der Waals surface area contributed by atoms with Crippen molar-refractivity contribution in [3.8, 4) is 0 Å². The Morgan fingerprint density at radius 2 is 1.50 bits per heavy atom. The van der Waals surface area contributed by atoms with Crippen molar-refractivity contribution in [1.29, 1.82) is 5.41 Å². The van der Waals surface area contributed by atoms with Crippen molar-refractivity contribution in [3.05, 3.63) is 6.58 Å². The lowest BCUT2D eigenvalue weighted by molar-refractivity contribution is 0.562. The third-order valence-electron chi connectivity index (χ3n) is 0. The molecule has 0 atom stereocenters. The van der Waals surface area contributed by atoms with Crippen LogP contribution in [0, 0.1) is 5.41 Å². The van der Waals surface area contributed by atoms with Crippen LogP contribution >= 0.6 is 0 Å². The maximum absolute atomic E-state index is 8.57. The third kappa shape index (κ3) is 6.92. The smallest absolute Gasteiger partial charge is 0.231 e. The summed E-state index contributed by atoms with van der Waals surface area (Å²) in [5.41, 5.74) is 0. The average molecular weight is 85.1 g/mol. The molecule has 0 aliphatic rings. The topological polar surface area (TPSA) is 58.0 Å². The number of isocyanates is 1. The summed E-state index contributed by atoms with van der Waals surface area (Å²) in [4.78, 5) is 16.9. The second-order valence-electron chi connectivity index (χ2n) is 0.246. The predicted molar refractivity (Wildman–Crippen MR) is 19.7 cm³/mol. The zero-order valence-electron chi connectivity index (χ0n) is 3.02. The summed E-state index contributed by atoms with van der Waals surface area (Å²) in [7, 11) is 0. The van der Waals surface area contributed by atoms with Crippen molar-refractivity contribution >= 4 is 12.0 Å². The molecule has 0 heterocycles. The van der Waals surface area contributed by atoms with Crippen molar-refractivity contribution in [1.82, 2.24) is 0 Å².